The topological polar surface area (TPSA) is 128 Å². The predicted octanol–water partition coefficient (Wildman–Crippen LogP) is 2.07. The molecular weight excluding hydrogens is 460 g/mol. The molecule has 1 N–H and O–H groups in total. The number of aromatic nitrogens is 2. The van der Waals surface area contributed by atoms with Crippen molar-refractivity contribution < 1.29 is 22.7 Å². The van der Waals surface area contributed by atoms with Gasteiger partial charge < -0.3 is 10.1 Å². The molecule has 1 amide bonds. The maximum absolute atomic E-state index is 12.9. The van der Waals surface area contributed by atoms with Crippen LogP contribution in [0.1, 0.15) is 29.9 Å². The molecule has 11 heteroatoms. The van der Waals surface area contributed by atoms with Gasteiger partial charge in [0.2, 0.25) is 10.0 Å². The predicted molar refractivity (Wildman–Crippen MR) is 127 cm³/mol. The summed E-state index contributed by atoms with van der Waals surface area (Å²) in [5.74, 6) is -1.52. The molecule has 0 aliphatic heterocycles. The molecule has 0 atom stereocenters. The molecule has 0 aliphatic rings. The van der Waals surface area contributed by atoms with Crippen molar-refractivity contribution in [3.05, 3.63) is 64.1 Å². The van der Waals surface area contributed by atoms with Gasteiger partial charge in [-0.05, 0) is 30.7 Å². The summed E-state index contributed by atoms with van der Waals surface area (Å²) in [6.45, 7) is 5.19. The minimum Gasteiger partial charge on any atom is -0.451 e. The van der Waals surface area contributed by atoms with E-state index < -0.39 is 28.5 Å². The zero-order chi connectivity index (χ0) is 25.0. The average Bonchev–Trinajstić information content (AvgIpc) is 2.81. The highest BCUT2D eigenvalue weighted by Crippen LogP contribution is 2.23. The van der Waals surface area contributed by atoms with Crippen molar-refractivity contribution in [2.24, 2.45) is 7.05 Å². The van der Waals surface area contributed by atoms with Crippen LogP contribution in [-0.2, 0) is 26.6 Å². The number of nitrogens with one attached hydrogen (secondary N) is 1. The van der Waals surface area contributed by atoms with Crippen molar-refractivity contribution in [1.29, 1.82) is 0 Å². The first-order chi connectivity index (χ1) is 16.1. The van der Waals surface area contributed by atoms with Crippen molar-refractivity contribution in [3.63, 3.8) is 0 Å². The minimum absolute atomic E-state index is 0.0894. The third-order valence-electron chi connectivity index (χ3n) is 5.28. The molecule has 0 aliphatic carbocycles. The maximum Gasteiger partial charge on any atom is 0.359 e. The van der Waals surface area contributed by atoms with E-state index >= 15 is 0 Å². The molecule has 0 radical (unpaired) electrons. The van der Waals surface area contributed by atoms with Crippen molar-refractivity contribution >= 4 is 38.4 Å². The highest BCUT2D eigenvalue weighted by Gasteiger charge is 2.24. The Morgan fingerprint density at radius 1 is 1.09 bits per heavy atom. The van der Waals surface area contributed by atoms with Crippen LogP contribution in [0.3, 0.4) is 0 Å². The smallest absolute Gasteiger partial charge is 0.359 e. The standard InChI is InChI=1S/C23H26N4O6S/c1-5-27(6-2)34(31,32)19-13-16(12-11-15(19)3)24-20(28)14-33-23(30)21-17-9-7-8-10-18(17)22(29)26(4)25-21/h7-13H,5-6,14H2,1-4H3,(H,24,28). The normalized spacial score (nSPS) is 11.6. The van der Waals surface area contributed by atoms with Gasteiger partial charge in [-0.2, -0.15) is 9.40 Å². The first-order valence-electron chi connectivity index (χ1n) is 10.6. The molecule has 0 saturated carbocycles. The van der Waals surface area contributed by atoms with Gasteiger partial charge >= 0.3 is 5.97 Å². The Hall–Kier alpha value is -3.57. The van der Waals surface area contributed by atoms with Crippen LogP contribution in [-0.4, -0.2) is 54.1 Å². The van der Waals surface area contributed by atoms with E-state index in [1.54, 1.807) is 57.2 Å². The summed E-state index contributed by atoms with van der Waals surface area (Å²) < 4.78 is 33.3. The van der Waals surface area contributed by atoms with E-state index in [4.69, 9.17) is 4.74 Å². The lowest BCUT2D eigenvalue weighted by Crippen LogP contribution is -2.31. The Labute approximate surface area is 197 Å². The summed E-state index contributed by atoms with van der Waals surface area (Å²) in [5, 5.41) is 7.14. The Kier molecular flexibility index (Phi) is 7.48. The largest absolute Gasteiger partial charge is 0.451 e. The monoisotopic (exact) mass is 486 g/mol. The molecule has 0 bridgehead atoms. The molecule has 0 saturated heterocycles. The van der Waals surface area contributed by atoms with Gasteiger partial charge in [-0.25, -0.2) is 17.9 Å². The molecule has 0 unspecified atom stereocenters. The quantitative estimate of drug-likeness (QED) is 0.483. The number of aryl methyl sites for hydroxylation is 2. The first kappa shape index (κ1) is 25.1. The number of benzene rings is 2. The fraction of sp³-hybridized carbons (Fsp3) is 0.304. The number of amides is 1. The number of anilines is 1. The van der Waals surface area contributed by atoms with Crippen LogP contribution in [0.25, 0.3) is 10.8 Å². The number of carbonyl (C=O) groups is 2. The van der Waals surface area contributed by atoms with Crippen LogP contribution in [0, 0.1) is 6.92 Å². The molecule has 1 aromatic heterocycles. The molecule has 3 aromatic rings. The van der Waals surface area contributed by atoms with Crippen molar-refractivity contribution in [3.8, 4) is 0 Å². The molecule has 0 fully saturated rings. The molecule has 180 valence electrons. The van der Waals surface area contributed by atoms with Crippen LogP contribution in [0.15, 0.2) is 52.2 Å². The third kappa shape index (κ3) is 5.00. The zero-order valence-corrected chi connectivity index (χ0v) is 20.2. The summed E-state index contributed by atoms with van der Waals surface area (Å²) in [7, 11) is -2.30. The Bertz CT molecular complexity index is 1410. The Balaban J connectivity index is 1.75. The van der Waals surface area contributed by atoms with Gasteiger partial charge in [0.05, 0.1) is 10.3 Å². The van der Waals surface area contributed by atoms with E-state index in [1.807, 2.05) is 0 Å². The van der Waals surface area contributed by atoms with E-state index in [2.05, 4.69) is 10.4 Å². The van der Waals surface area contributed by atoms with Crippen LogP contribution < -0.4 is 10.9 Å². The van der Waals surface area contributed by atoms with E-state index in [-0.39, 0.29) is 21.8 Å². The van der Waals surface area contributed by atoms with Crippen LogP contribution in [0.5, 0.6) is 0 Å². The molecule has 34 heavy (non-hydrogen) atoms. The number of hydrogen-bond acceptors (Lipinski definition) is 7. The van der Waals surface area contributed by atoms with Crippen LogP contribution in [0.2, 0.25) is 0 Å². The van der Waals surface area contributed by atoms with Gasteiger partial charge in [-0.3, -0.25) is 9.59 Å². The summed E-state index contributed by atoms with van der Waals surface area (Å²) in [6, 6.07) is 11.0. The second-order valence-electron chi connectivity index (χ2n) is 7.52. The summed E-state index contributed by atoms with van der Waals surface area (Å²) in [6.07, 6.45) is 0. The highest BCUT2D eigenvalue weighted by atomic mass is 32.2. The van der Waals surface area contributed by atoms with Crippen molar-refractivity contribution in [2.45, 2.75) is 25.7 Å². The lowest BCUT2D eigenvalue weighted by molar-refractivity contribution is -0.119. The zero-order valence-electron chi connectivity index (χ0n) is 19.4. The third-order valence-corrected chi connectivity index (χ3v) is 7.47. The van der Waals surface area contributed by atoms with Gasteiger partial charge in [0.15, 0.2) is 12.3 Å². The van der Waals surface area contributed by atoms with Crippen molar-refractivity contribution in [1.82, 2.24) is 14.1 Å². The molecular formula is C23H26N4O6S. The van der Waals surface area contributed by atoms with Crippen molar-refractivity contribution in [2.75, 3.05) is 25.0 Å². The number of sulfonamides is 1. The van der Waals surface area contributed by atoms with E-state index in [0.717, 1.165) is 4.68 Å². The summed E-state index contributed by atoms with van der Waals surface area (Å²) in [4.78, 5) is 37.3. The number of hydrogen-bond donors (Lipinski definition) is 1. The number of fused-ring (bicyclic) bond motifs is 1. The fourth-order valence-electron chi connectivity index (χ4n) is 3.51. The number of carbonyl (C=O) groups excluding carboxylic acids is 2. The molecule has 2 aromatic carbocycles. The highest BCUT2D eigenvalue weighted by molar-refractivity contribution is 7.89. The average molecular weight is 487 g/mol. The lowest BCUT2D eigenvalue weighted by atomic mass is 10.1. The number of nitrogens with zero attached hydrogens (tertiary/aromatic N) is 3. The first-order valence-corrected chi connectivity index (χ1v) is 12.1. The van der Waals surface area contributed by atoms with E-state index in [0.29, 0.717) is 29.4 Å². The van der Waals surface area contributed by atoms with Gasteiger partial charge in [-0.1, -0.05) is 38.1 Å². The number of esters is 1. The molecule has 3 rings (SSSR count). The SMILES string of the molecule is CCN(CC)S(=O)(=O)c1cc(NC(=O)COC(=O)c2nn(C)c(=O)c3ccccc23)ccc1C. The summed E-state index contributed by atoms with van der Waals surface area (Å²) in [5.41, 5.74) is 0.347. The van der Waals surface area contributed by atoms with Crippen LogP contribution in [0.4, 0.5) is 5.69 Å². The van der Waals surface area contributed by atoms with E-state index in [1.165, 1.54) is 17.4 Å². The minimum atomic E-state index is -3.72. The molecule has 10 nitrogen and oxygen atoms in total. The van der Waals surface area contributed by atoms with Gasteiger partial charge in [0, 0.05) is 31.2 Å². The second-order valence-corrected chi connectivity index (χ2v) is 9.42. The molecule has 0 spiro atoms. The number of ether oxygens (including phenoxy) is 1. The second kappa shape index (κ2) is 10.1. The molecule has 1 heterocycles. The van der Waals surface area contributed by atoms with Gasteiger partial charge in [-0.15, -0.1) is 0 Å². The fourth-order valence-corrected chi connectivity index (χ4v) is 5.21. The van der Waals surface area contributed by atoms with E-state index in [9.17, 15) is 22.8 Å². The lowest BCUT2D eigenvalue weighted by Gasteiger charge is -2.20. The van der Waals surface area contributed by atoms with Crippen LogP contribution >= 0.6 is 0 Å². The van der Waals surface area contributed by atoms with Gasteiger partial charge in [0.1, 0.15) is 0 Å². The van der Waals surface area contributed by atoms with Gasteiger partial charge in [0.25, 0.3) is 11.5 Å². The Morgan fingerprint density at radius 3 is 2.38 bits per heavy atom. The Morgan fingerprint density at radius 2 is 1.74 bits per heavy atom. The number of rotatable bonds is 8. The maximum atomic E-state index is 12.9. The summed E-state index contributed by atoms with van der Waals surface area (Å²) >= 11 is 0.